The molecule has 2 aromatic heterocycles. The molecule has 0 bridgehead atoms. The van der Waals surface area contributed by atoms with Crippen LogP contribution < -0.4 is 5.56 Å². The molecule has 2 heterocycles. The second kappa shape index (κ2) is 5.75. The highest BCUT2D eigenvalue weighted by Gasteiger charge is 2.22. The van der Waals surface area contributed by atoms with Crippen LogP contribution in [-0.2, 0) is 0 Å². The van der Waals surface area contributed by atoms with E-state index >= 15 is 0 Å². The van der Waals surface area contributed by atoms with E-state index in [1.165, 1.54) is 15.7 Å². The van der Waals surface area contributed by atoms with E-state index in [0.29, 0.717) is 32.1 Å². The SMILES string of the molecule is N#Cc1c(-c2ccc(Cl)cc2)c(C#N)c2sc3ccccc3n2c1=O. The Morgan fingerprint density at radius 1 is 0.960 bits per heavy atom. The molecular weight excluding hydrogens is 354 g/mol. The smallest absolute Gasteiger partial charge is 0.267 e. The minimum atomic E-state index is -0.418. The van der Waals surface area contributed by atoms with Crippen LogP contribution >= 0.6 is 22.9 Å². The normalized spacial score (nSPS) is 10.7. The zero-order valence-electron chi connectivity index (χ0n) is 12.7. The molecule has 0 unspecified atom stereocenters. The number of aromatic nitrogens is 1. The molecule has 0 N–H and O–H groups in total. The summed E-state index contributed by atoms with van der Waals surface area (Å²) in [6, 6.07) is 18.3. The van der Waals surface area contributed by atoms with Gasteiger partial charge in [-0.15, -0.1) is 11.3 Å². The third-order valence-corrected chi connectivity index (χ3v) is 5.40. The molecule has 4 aromatic rings. The molecular formula is C19H8ClN3OS. The topological polar surface area (TPSA) is 69.1 Å². The Labute approximate surface area is 151 Å². The summed E-state index contributed by atoms with van der Waals surface area (Å²) < 4.78 is 2.34. The molecule has 25 heavy (non-hydrogen) atoms. The Morgan fingerprint density at radius 3 is 2.32 bits per heavy atom. The van der Waals surface area contributed by atoms with Crippen molar-refractivity contribution in [1.82, 2.24) is 4.40 Å². The number of fused-ring (bicyclic) bond motifs is 3. The summed E-state index contributed by atoms with van der Waals surface area (Å²) in [7, 11) is 0. The Hall–Kier alpha value is -3.12. The van der Waals surface area contributed by atoms with Gasteiger partial charge in [0.25, 0.3) is 5.56 Å². The van der Waals surface area contributed by atoms with Crippen LogP contribution in [0.25, 0.3) is 26.2 Å². The van der Waals surface area contributed by atoms with Crippen LogP contribution in [0, 0.1) is 22.7 Å². The Kier molecular flexibility index (Phi) is 3.54. The van der Waals surface area contributed by atoms with Crippen molar-refractivity contribution in [2.75, 3.05) is 0 Å². The van der Waals surface area contributed by atoms with Gasteiger partial charge < -0.3 is 0 Å². The summed E-state index contributed by atoms with van der Waals surface area (Å²) in [5.74, 6) is 0. The molecule has 0 aliphatic heterocycles. The second-order valence-corrected chi connectivity index (χ2v) is 6.84. The Morgan fingerprint density at radius 2 is 1.64 bits per heavy atom. The maximum Gasteiger partial charge on any atom is 0.274 e. The number of pyridine rings is 1. The van der Waals surface area contributed by atoms with Gasteiger partial charge >= 0.3 is 0 Å². The second-order valence-electron chi connectivity index (χ2n) is 5.37. The lowest BCUT2D eigenvalue weighted by Crippen LogP contribution is -2.18. The molecule has 4 rings (SSSR count). The quantitative estimate of drug-likeness (QED) is 0.498. The Bertz CT molecular complexity index is 1290. The maximum atomic E-state index is 13.0. The summed E-state index contributed by atoms with van der Waals surface area (Å²) in [6.45, 7) is 0. The molecule has 0 saturated carbocycles. The van der Waals surface area contributed by atoms with Gasteiger partial charge in [-0.2, -0.15) is 10.5 Å². The molecule has 0 fully saturated rings. The van der Waals surface area contributed by atoms with Crippen molar-refractivity contribution in [1.29, 1.82) is 10.5 Å². The number of hydrogen-bond acceptors (Lipinski definition) is 4. The lowest BCUT2D eigenvalue weighted by Gasteiger charge is -2.08. The van der Waals surface area contributed by atoms with E-state index in [4.69, 9.17) is 11.6 Å². The minimum Gasteiger partial charge on any atom is -0.267 e. The first-order chi connectivity index (χ1) is 12.2. The predicted molar refractivity (Wildman–Crippen MR) is 98.9 cm³/mol. The number of halogens is 1. The monoisotopic (exact) mass is 361 g/mol. The maximum absolute atomic E-state index is 13.0. The number of rotatable bonds is 1. The van der Waals surface area contributed by atoms with E-state index in [-0.39, 0.29) is 5.56 Å². The largest absolute Gasteiger partial charge is 0.274 e. The van der Waals surface area contributed by atoms with Crippen molar-refractivity contribution in [2.45, 2.75) is 0 Å². The third kappa shape index (κ3) is 2.22. The number of nitriles is 2. The van der Waals surface area contributed by atoms with Crippen molar-refractivity contribution in [3.63, 3.8) is 0 Å². The molecule has 0 aliphatic rings. The van der Waals surface area contributed by atoms with E-state index in [2.05, 4.69) is 6.07 Å². The van der Waals surface area contributed by atoms with Crippen molar-refractivity contribution in [3.05, 3.63) is 75.0 Å². The van der Waals surface area contributed by atoms with Crippen LogP contribution in [0.5, 0.6) is 0 Å². The number of benzene rings is 2. The Balaban J connectivity index is 2.26. The standard InChI is InChI=1S/C19H8ClN3OS/c20-12-7-5-11(6-8-12)17-13(9-21)18(24)23-15-3-1-2-4-16(15)25-19(23)14(17)10-22/h1-8H. The molecule has 6 heteroatoms. The fourth-order valence-corrected chi connectivity index (χ4v) is 4.18. The van der Waals surface area contributed by atoms with Crippen LogP contribution in [0.1, 0.15) is 11.1 Å². The molecule has 4 nitrogen and oxygen atoms in total. The average molecular weight is 362 g/mol. The predicted octanol–water partition coefficient (Wildman–Crippen LogP) is 4.58. The molecule has 0 spiro atoms. The lowest BCUT2D eigenvalue weighted by molar-refractivity contribution is 1.15. The van der Waals surface area contributed by atoms with Crippen molar-refractivity contribution in [3.8, 4) is 23.3 Å². The van der Waals surface area contributed by atoms with Crippen LogP contribution in [-0.4, -0.2) is 4.40 Å². The number of nitrogens with zero attached hydrogens (tertiary/aromatic N) is 3. The highest BCUT2D eigenvalue weighted by Crippen LogP contribution is 2.34. The molecule has 0 amide bonds. The van der Waals surface area contributed by atoms with E-state index in [9.17, 15) is 15.3 Å². The van der Waals surface area contributed by atoms with Gasteiger partial charge in [-0.1, -0.05) is 35.9 Å². The molecule has 0 radical (unpaired) electrons. The first-order valence-corrected chi connectivity index (χ1v) is 8.51. The molecule has 118 valence electrons. The van der Waals surface area contributed by atoms with Gasteiger partial charge in [0.15, 0.2) is 0 Å². The number of thiazole rings is 1. The van der Waals surface area contributed by atoms with Gasteiger partial charge in [0, 0.05) is 10.6 Å². The first-order valence-electron chi connectivity index (χ1n) is 7.32. The van der Waals surface area contributed by atoms with E-state index in [1.54, 1.807) is 24.3 Å². The summed E-state index contributed by atoms with van der Waals surface area (Å²) in [5.41, 5.74) is 1.54. The lowest BCUT2D eigenvalue weighted by atomic mass is 9.97. The van der Waals surface area contributed by atoms with Crippen molar-refractivity contribution >= 4 is 38.0 Å². The van der Waals surface area contributed by atoms with Gasteiger partial charge in [0.05, 0.1) is 15.8 Å². The van der Waals surface area contributed by atoms with E-state index in [0.717, 1.165) is 4.70 Å². The summed E-state index contributed by atoms with van der Waals surface area (Å²) in [5, 5.41) is 19.9. The van der Waals surface area contributed by atoms with Gasteiger partial charge in [0.2, 0.25) is 0 Å². The number of para-hydroxylation sites is 1. The van der Waals surface area contributed by atoms with E-state index in [1.807, 2.05) is 30.3 Å². The van der Waals surface area contributed by atoms with Crippen LogP contribution in [0.3, 0.4) is 0 Å². The number of hydrogen-bond donors (Lipinski definition) is 0. The van der Waals surface area contributed by atoms with Crippen molar-refractivity contribution < 1.29 is 0 Å². The fraction of sp³-hybridized carbons (Fsp3) is 0. The van der Waals surface area contributed by atoms with Gasteiger partial charge in [-0.3, -0.25) is 9.20 Å². The third-order valence-electron chi connectivity index (χ3n) is 4.00. The van der Waals surface area contributed by atoms with Gasteiger partial charge in [0.1, 0.15) is 22.5 Å². The minimum absolute atomic E-state index is 0.0417. The average Bonchev–Trinajstić information content (AvgIpc) is 3.02. The van der Waals surface area contributed by atoms with Gasteiger partial charge in [-0.25, -0.2) is 0 Å². The van der Waals surface area contributed by atoms with Crippen LogP contribution in [0.4, 0.5) is 0 Å². The highest BCUT2D eigenvalue weighted by molar-refractivity contribution is 7.24. The van der Waals surface area contributed by atoms with Gasteiger partial charge in [-0.05, 0) is 29.8 Å². The molecule has 0 saturated heterocycles. The van der Waals surface area contributed by atoms with Crippen LogP contribution in [0.15, 0.2) is 53.3 Å². The molecule has 0 atom stereocenters. The highest BCUT2D eigenvalue weighted by atomic mass is 35.5. The zero-order valence-corrected chi connectivity index (χ0v) is 14.2. The first kappa shape index (κ1) is 15.4. The summed E-state index contributed by atoms with van der Waals surface area (Å²) in [4.78, 5) is 13.5. The molecule has 2 aromatic carbocycles. The van der Waals surface area contributed by atoms with Crippen LogP contribution in [0.2, 0.25) is 5.02 Å². The zero-order chi connectivity index (χ0) is 17.6. The fourth-order valence-electron chi connectivity index (χ4n) is 2.92. The molecule has 0 aliphatic carbocycles. The van der Waals surface area contributed by atoms with Crippen molar-refractivity contribution in [2.24, 2.45) is 0 Å². The summed E-state index contributed by atoms with van der Waals surface area (Å²) in [6.07, 6.45) is 0. The van der Waals surface area contributed by atoms with E-state index < -0.39 is 5.56 Å². The summed E-state index contributed by atoms with van der Waals surface area (Å²) >= 11 is 7.30.